The van der Waals surface area contributed by atoms with Crippen LogP contribution >= 0.6 is 11.6 Å². The summed E-state index contributed by atoms with van der Waals surface area (Å²) < 4.78 is 22.9. The number of aromatic nitrogens is 3. The molecule has 7 nitrogen and oxygen atoms in total. The number of benzene rings is 1. The molecule has 168 valence electrons. The lowest BCUT2D eigenvalue weighted by Gasteiger charge is -2.18. The van der Waals surface area contributed by atoms with E-state index in [2.05, 4.69) is 15.0 Å². The molecule has 2 heterocycles. The minimum absolute atomic E-state index is 0.144. The molecule has 1 amide bonds. The molecule has 9 heteroatoms. The maximum atomic E-state index is 15.1. The normalized spacial score (nSPS) is 13.9. The number of carbonyl (C=O) groups is 1. The number of hydrogen-bond donors (Lipinski definition) is 1. The second kappa shape index (κ2) is 8.86. The molecule has 1 fully saturated rings. The Morgan fingerprint density at radius 1 is 1.38 bits per heavy atom. The molecule has 0 saturated heterocycles. The first kappa shape index (κ1) is 22.2. The topological polar surface area (TPSA) is 94.9 Å². The van der Waals surface area contributed by atoms with Crippen LogP contribution in [0, 0.1) is 12.7 Å². The van der Waals surface area contributed by atoms with Gasteiger partial charge in [-0.15, -0.1) is 0 Å². The predicted octanol–water partition coefficient (Wildman–Crippen LogP) is 4.95. The highest BCUT2D eigenvalue weighted by molar-refractivity contribution is 6.31. The van der Waals surface area contributed by atoms with Gasteiger partial charge in [-0.1, -0.05) is 11.6 Å². The van der Waals surface area contributed by atoms with Gasteiger partial charge in [-0.05, 0) is 52.5 Å². The fourth-order valence-electron chi connectivity index (χ4n) is 4.06. The maximum Gasteiger partial charge on any atom is 0.283 e. The largest absolute Gasteiger partial charge is 0.490 e. The second-order valence-electron chi connectivity index (χ2n) is 8.21. The zero-order valence-electron chi connectivity index (χ0n) is 18.3. The van der Waals surface area contributed by atoms with E-state index in [1.54, 1.807) is 12.4 Å². The smallest absolute Gasteiger partial charge is 0.283 e. The molecule has 0 atom stereocenters. The Kier molecular flexibility index (Phi) is 6.15. The molecular formula is C23H25ClFN5O2. The number of nitrogens with two attached hydrogens (primary N) is 1. The van der Waals surface area contributed by atoms with E-state index in [0.717, 1.165) is 31.4 Å². The van der Waals surface area contributed by atoms with E-state index in [1.165, 1.54) is 6.07 Å². The van der Waals surface area contributed by atoms with Gasteiger partial charge in [0.1, 0.15) is 28.5 Å². The number of halogens is 2. The fraction of sp³-hybridized carbons (Fsp3) is 0.391. The molecule has 0 spiro atoms. The summed E-state index contributed by atoms with van der Waals surface area (Å²) in [6.07, 6.45) is 6.75. The van der Waals surface area contributed by atoms with Gasteiger partial charge in [0.05, 0.1) is 16.8 Å². The molecule has 0 radical (unpaired) electrons. The lowest BCUT2D eigenvalue weighted by Crippen LogP contribution is -2.15. The number of rotatable bonds is 5. The summed E-state index contributed by atoms with van der Waals surface area (Å²) >= 11 is 6.21. The molecule has 0 bridgehead atoms. The minimum atomic E-state index is -0.823. The quantitative estimate of drug-likeness (QED) is 0.585. The summed E-state index contributed by atoms with van der Waals surface area (Å²) in [6, 6.07) is 1.48. The van der Waals surface area contributed by atoms with E-state index in [1.807, 2.05) is 25.2 Å². The van der Waals surface area contributed by atoms with Crippen molar-refractivity contribution in [3.63, 3.8) is 0 Å². The number of nitrogen functional groups attached to an aromatic ring is 1. The molecule has 1 aliphatic rings. The summed E-state index contributed by atoms with van der Waals surface area (Å²) in [5.41, 5.74) is 8.52. The van der Waals surface area contributed by atoms with Crippen LogP contribution in [0.2, 0.25) is 5.02 Å². The molecule has 2 aromatic heterocycles. The molecule has 1 aliphatic carbocycles. The molecule has 0 unspecified atom stereocenters. The highest BCUT2D eigenvalue weighted by atomic mass is 35.5. The highest BCUT2D eigenvalue weighted by Crippen LogP contribution is 2.35. The van der Waals surface area contributed by atoms with Crippen molar-refractivity contribution in [1.82, 2.24) is 14.4 Å². The van der Waals surface area contributed by atoms with Crippen LogP contribution in [-0.2, 0) is 6.42 Å². The van der Waals surface area contributed by atoms with Crippen molar-refractivity contribution in [2.75, 3.05) is 5.73 Å². The van der Waals surface area contributed by atoms with E-state index in [0.29, 0.717) is 28.4 Å². The first-order valence-electron chi connectivity index (χ1n) is 10.6. The molecule has 4 rings (SSSR count). The minimum Gasteiger partial charge on any atom is -0.490 e. The van der Waals surface area contributed by atoms with Crippen molar-refractivity contribution in [1.29, 1.82) is 0 Å². The van der Waals surface area contributed by atoms with Crippen molar-refractivity contribution in [2.45, 2.75) is 59.0 Å². The number of imidazole rings is 1. The van der Waals surface area contributed by atoms with Crippen molar-refractivity contribution in [2.24, 2.45) is 4.99 Å². The lowest BCUT2D eigenvalue weighted by molar-refractivity contribution is 0.0992. The Balaban J connectivity index is 1.85. The van der Waals surface area contributed by atoms with Gasteiger partial charge in [0.2, 0.25) is 0 Å². The SMILES string of the molecule is Cc1nc(Cc2cc(Cl)c(F)c(C(=O)N=C3CCCC3)c2OC(C)C)n2ccnc(N)c12. The van der Waals surface area contributed by atoms with Gasteiger partial charge < -0.3 is 10.5 Å². The zero-order chi connectivity index (χ0) is 23.0. The Morgan fingerprint density at radius 3 is 2.78 bits per heavy atom. The van der Waals surface area contributed by atoms with Gasteiger partial charge in [-0.2, -0.15) is 0 Å². The third-order valence-corrected chi connectivity index (χ3v) is 5.71. The number of nitrogens with zero attached hydrogens (tertiary/aromatic N) is 4. The Labute approximate surface area is 190 Å². The molecule has 32 heavy (non-hydrogen) atoms. The van der Waals surface area contributed by atoms with Crippen LogP contribution in [0.4, 0.5) is 10.2 Å². The number of aryl methyl sites for hydroxylation is 1. The Morgan fingerprint density at radius 2 is 2.09 bits per heavy atom. The van der Waals surface area contributed by atoms with Crippen molar-refractivity contribution < 1.29 is 13.9 Å². The van der Waals surface area contributed by atoms with Gasteiger partial charge in [-0.3, -0.25) is 9.20 Å². The number of ether oxygens (including phenoxy) is 1. The van der Waals surface area contributed by atoms with Crippen molar-refractivity contribution in [3.8, 4) is 5.75 Å². The van der Waals surface area contributed by atoms with E-state index in [-0.39, 0.29) is 28.9 Å². The number of carbonyl (C=O) groups excluding carboxylic acids is 1. The second-order valence-corrected chi connectivity index (χ2v) is 8.62. The van der Waals surface area contributed by atoms with E-state index in [4.69, 9.17) is 22.1 Å². The van der Waals surface area contributed by atoms with Gasteiger partial charge in [0, 0.05) is 30.1 Å². The van der Waals surface area contributed by atoms with Gasteiger partial charge in [-0.25, -0.2) is 19.4 Å². The molecular weight excluding hydrogens is 433 g/mol. The van der Waals surface area contributed by atoms with Gasteiger partial charge in [0.25, 0.3) is 5.91 Å². The maximum absolute atomic E-state index is 15.1. The average Bonchev–Trinajstić information content (AvgIpc) is 3.34. The van der Waals surface area contributed by atoms with Crippen LogP contribution < -0.4 is 10.5 Å². The standard InChI is InChI=1S/C23H25ClFN5O2/c1-12(2)32-21-14(11-17-28-13(3)20-22(26)27-8-9-30(17)20)10-16(24)19(25)18(21)23(31)29-15-6-4-5-7-15/h8-10,12H,4-7,11H2,1-3H3,(H2,26,27). The van der Waals surface area contributed by atoms with Crippen molar-refractivity contribution in [3.05, 3.63) is 51.9 Å². The van der Waals surface area contributed by atoms with Crippen LogP contribution in [0.5, 0.6) is 5.75 Å². The third kappa shape index (κ3) is 4.19. The monoisotopic (exact) mass is 457 g/mol. The Bertz CT molecular complexity index is 1230. The number of aliphatic imine (C=N–C) groups is 1. The lowest BCUT2D eigenvalue weighted by atomic mass is 10.0. The summed E-state index contributed by atoms with van der Waals surface area (Å²) in [6.45, 7) is 5.47. The van der Waals surface area contributed by atoms with Crippen LogP contribution in [0.1, 0.15) is 67.0 Å². The summed E-state index contributed by atoms with van der Waals surface area (Å²) in [7, 11) is 0. The number of fused-ring (bicyclic) bond motifs is 1. The molecule has 0 aliphatic heterocycles. The number of amides is 1. The van der Waals surface area contributed by atoms with Crippen LogP contribution in [0.15, 0.2) is 23.5 Å². The van der Waals surface area contributed by atoms with Crippen LogP contribution in [0.25, 0.3) is 5.52 Å². The summed E-state index contributed by atoms with van der Waals surface area (Å²) in [5.74, 6) is -0.343. The zero-order valence-corrected chi connectivity index (χ0v) is 19.0. The molecule has 1 aromatic carbocycles. The average molecular weight is 458 g/mol. The van der Waals surface area contributed by atoms with E-state index < -0.39 is 11.7 Å². The third-order valence-electron chi connectivity index (χ3n) is 5.44. The number of anilines is 1. The summed E-state index contributed by atoms with van der Waals surface area (Å²) in [5, 5.41) is -0.162. The first-order valence-corrected chi connectivity index (χ1v) is 11.0. The summed E-state index contributed by atoms with van der Waals surface area (Å²) in [4.78, 5) is 25.9. The first-order chi connectivity index (χ1) is 15.3. The Hall–Kier alpha value is -3.00. The van der Waals surface area contributed by atoms with Gasteiger partial charge >= 0.3 is 0 Å². The van der Waals surface area contributed by atoms with Gasteiger partial charge in [0.15, 0.2) is 5.82 Å². The molecule has 2 N–H and O–H groups in total. The molecule has 3 aromatic rings. The van der Waals surface area contributed by atoms with Crippen LogP contribution in [-0.4, -0.2) is 32.1 Å². The van der Waals surface area contributed by atoms with Crippen molar-refractivity contribution >= 4 is 34.6 Å². The highest BCUT2D eigenvalue weighted by Gasteiger charge is 2.27. The van der Waals surface area contributed by atoms with E-state index >= 15 is 4.39 Å². The van der Waals surface area contributed by atoms with Crippen LogP contribution in [0.3, 0.4) is 0 Å². The van der Waals surface area contributed by atoms with E-state index in [9.17, 15) is 4.79 Å². The molecule has 1 saturated carbocycles. The predicted molar refractivity (Wildman–Crippen MR) is 122 cm³/mol. The fourth-order valence-corrected chi connectivity index (χ4v) is 4.28. The number of hydrogen-bond acceptors (Lipinski definition) is 5.